The summed E-state index contributed by atoms with van der Waals surface area (Å²) in [6.07, 6.45) is 5.38. The second-order valence-corrected chi connectivity index (χ2v) is 5.22. The fraction of sp³-hybridized carbons (Fsp3) is 0.500. The van der Waals surface area contributed by atoms with Crippen molar-refractivity contribution >= 4 is 11.6 Å². The average Bonchev–Trinajstić information content (AvgIpc) is 2.96. The number of anilines is 1. The smallest absolute Gasteiger partial charge is 0.243 e. The minimum absolute atomic E-state index is 0.0212. The van der Waals surface area contributed by atoms with Crippen molar-refractivity contribution in [3.63, 3.8) is 0 Å². The molecule has 1 heterocycles. The van der Waals surface area contributed by atoms with Crippen molar-refractivity contribution < 1.29 is 4.79 Å². The molecule has 1 aliphatic carbocycles. The zero-order valence-corrected chi connectivity index (χ0v) is 10.5. The summed E-state index contributed by atoms with van der Waals surface area (Å²) in [5, 5.41) is 4.62. The highest BCUT2D eigenvalue weighted by Gasteiger charge is 2.28. The Morgan fingerprint density at radius 3 is 2.89 bits per heavy atom. The monoisotopic (exact) mass is 245 g/mol. The number of benzene rings is 1. The number of aryl methyl sites for hydroxylation is 2. The highest BCUT2D eigenvalue weighted by molar-refractivity contribution is 5.95. The van der Waals surface area contributed by atoms with E-state index in [4.69, 9.17) is 5.84 Å². The summed E-state index contributed by atoms with van der Waals surface area (Å²) < 4.78 is 0. The van der Waals surface area contributed by atoms with Gasteiger partial charge in [0.25, 0.3) is 0 Å². The van der Waals surface area contributed by atoms with Crippen LogP contribution in [0.15, 0.2) is 18.2 Å². The molecule has 18 heavy (non-hydrogen) atoms. The number of hydrogen-bond donors (Lipinski definition) is 2. The topological polar surface area (TPSA) is 58.4 Å². The Labute approximate surface area is 107 Å². The molecule has 1 fully saturated rings. The van der Waals surface area contributed by atoms with Gasteiger partial charge in [-0.05, 0) is 55.4 Å². The largest absolute Gasteiger partial charge is 0.325 e. The number of hydrazine groups is 1. The third kappa shape index (κ3) is 2.13. The van der Waals surface area contributed by atoms with Crippen molar-refractivity contribution in [3.8, 4) is 0 Å². The highest BCUT2D eigenvalue weighted by Crippen LogP contribution is 2.25. The van der Waals surface area contributed by atoms with E-state index < -0.39 is 0 Å². The third-order valence-corrected chi connectivity index (χ3v) is 3.96. The van der Waals surface area contributed by atoms with E-state index in [1.165, 1.54) is 24.0 Å². The summed E-state index contributed by atoms with van der Waals surface area (Å²) >= 11 is 0. The molecule has 4 heteroatoms. The molecule has 96 valence electrons. The molecule has 0 spiro atoms. The number of rotatable bonds is 2. The van der Waals surface area contributed by atoms with Crippen molar-refractivity contribution in [2.45, 2.75) is 38.1 Å². The molecule has 3 rings (SSSR count). The van der Waals surface area contributed by atoms with Crippen LogP contribution < -0.4 is 11.2 Å². The van der Waals surface area contributed by atoms with Gasteiger partial charge in [0.05, 0.1) is 0 Å². The van der Waals surface area contributed by atoms with E-state index in [-0.39, 0.29) is 11.9 Å². The summed E-state index contributed by atoms with van der Waals surface area (Å²) in [5.74, 6) is 5.82. The van der Waals surface area contributed by atoms with Gasteiger partial charge in [-0.15, -0.1) is 0 Å². The molecular formula is C14H19N3O. The molecule has 0 bridgehead atoms. The first-order valence-corrected chi connectivity index (χ1v) is 6.68. The molecule has 1 aromatic carbocycles. The molecule has 0 radical (unpaired) electrons. The van der Waals surface area contributed by atoms with Gasteiger partial charge in [-0.3, -0.25) is 10.6 Å². The van der Waals surface area contributed by atoms with Crippen LogP contribution in [0.25, 0.3) is 0 Å². The van der Waals surface area contributed by atoms with Crippen molar-refractivity contribution in [3.05, 3.63) is 29.3 Å². The van der Waals surface area contributed by atoms with E-state index in [1.54, 1.807) is 5.01 Å². The number of carbonyl (C=O) groups is 1. The van der Waals surface area contributed by atoms with Crippen LogP contribution in [0, 0.1) is 0 Å². The SMILES string of the molecule is NN1CCC[C@H]1C(=O)Nc1ccc2c(c1)CCC2. The molecule has 1 atom stereocenters. The Kier molecular flexibility index (Phi) is 3.06. The van der Waals surface area contributed by atoms with E-state index in [1.807, 2.05) is 6.07 Å². The predicted octanol–water partition coefficient (Wildman–Crippen LogP) is 1.45. The van der Waals surface area contributed by atoms with Gasteiger partial charge in [0.1, 0.15) is 6.04 Å². The number of amides is 1. The van der Waals surface area contributed by atoms with Gasteiger partial charge in [-0.25, -0.2) is 5.01 Å². The number of hydrogen-bond acceptors (Lipinski definition) is 3. The molecule has 1 amide bonds. The molecular weight excluding hydrogens is 226 g/mol. The van der Waals surface area contributed by atoms with Gasteiger partial charge in [0, 0.05) is 12.2 Å². The summed E-state index contributed by atoms with van der Waals surface area (Å²) in [7, 11) is 0. The van der Waals surface area contributed by atoms with Crippen molar-refractivity contribution in [2.24, 2.45) is 5.84 Å². The number of nitrogens with two attached hydrogens (primary N) is 1. The van der Waals surface area contributed by atoms with Gasteiger partial charge in [0.15, 0.2) is 0 Å². The van der Waals surface area contributed by atoms with E-state index in [0.717, 1.165) is 31.5 Å². The summed E-state index contributed by atoms with van der Waals surface area (Å²) in [4.78, 5) is 12.1. The first kappa shape index (κ1) is 11.7. The minimum atomic E-state index is -0.168. The molecule has 0 saturated carbocycles. The molecule has 2 aliphatic rings. The summed E-state index contributed by atoms with van der Waals surface area (Å²) in [5.41, 5.74) is 3.71. The van der Waals surface area contributed by atoms with Gasteiger partial charge >= 0.3 is 0 Å². The lowest BCUT2D eigenvalue weighted by Crippen LogP contribution is -2.43. The van der Waals surface area contributed by atoms with E-state index in [9.17, 15) is 4.79 Å². The summed E-state index contributed by atoms with van der Waals surface area (Å²) in [6.45, 7) is 0.808. The van der Waals surface area contributed by atoms with Crippen molar-refractivity contribution in [1.29, 1.82) is 0 Å². The van der Waals surface area contributed by atoms with Crippen LogP contribution in [-0.2, 0) is 17.6 Å². The first-order chi connectivity index (χ1) is 8.74. The van der Waals surface area contributed by atoms with Crippen LogP contribution in [0.2, 0.25) is 0 Å². The Morgan fingerprint density at radius 2 is 2.11 bits per heavy atom. The highest BCUT2D eigenvalue weighted by atomic mass is 16.2. The quantitative estimate of drug-likeness (QED) is 0.775. The zero-order valence-electron chi connectivity index (χ0n) is 10.5. The van der Waals surface area contributed by atoms with Crippen LogP contribution in [0.1, 0.15) is 30.4 Å². The van der Waals surface area contributed by atoms with Crippen LogP contribution in [-0.4, -0.2) is 23.5 Å². The van der Waals surface area contributed by atoms with Gasteiger partial charge in [0.2, 0.25) is 5.91 Å². The van der Waals surface area contributed by atoms with E-state index in [0.29, 0.717) is 0 Å². The van der Waals surface area contributed by atoms with Crippen molar-refractivity contribution in [2.75, 3.05) is 11.9 Å². The fourth-order valence-electron chi connectivity index (χ4n) is 2.95. The lowest BCUT2D eigenvalue weighted by atomic mass is 10.1. The van der Waals surface area contributed by atoms with Gasteiger partial charge in [-0.1, -0.05) is 6.07 Å². The molecule has 1 aliphatic heterocycles. The fourth-order valence-corrected chi connectivity index (χ4v) is 2.95. The van der Waals surface area contributed by atoms with E-state index >= 15 is 0 Å². The number of fused-ring (bicyclic) bond motifs is 1. The summed E-state index contributed by atoms with van der Waals surface area (Å²) in [6, 6.07) is 6.07. The number of carbonyl (C=O) groups excluding carboxylic acids is 1. The number of nitrogens with zero attached hydrogens (tertiary/aromatic N) is 1. The van der Waals surface area contributed by atoms with Gasteiger partial charge < -0.3 is 5.32 Å². The second kappa shape index (κ2) is 4.71. The molecule has 4 nitrogen and oxygen atoms in total. The predicted molar refractivity (Wildman–Crippen MR) is 71.0 cm³/mol. The molecule has 0 unspecified atom stereocenters. The molecule has 1 aromatic rings. The molecule has 0 aromatic heterocycles. The van der Waals surface area contributed by atoms with Crippen LogP contribution in [0.3, 0.4) is 0 Å². The average molecular weight is 245 g/mol. The third-order valence-electron chi connectivity index (χ3n) is 3.96. The Bertz CT molecular complexity index is 472. The maximum Gasteiger partial charge on any atom is 0.243 e. The zero-order chi connectivity index (χ0) is 12.5. The lowest BCUT2D eigenvalue weighted by Gasteiger charge is -2.18. The Morgan fingerprint density at radius 1 is 1.28 bits per heavy atom. The standard InChI is InChI=1S/C14H19N3O/c15-17-8-2-5-13(17)14(18)16-12-7-6-10-3-1-4-11(10)9-12/h6-7,9,13H,1-5,8,15H2,(H,16,18)/t13-/m0/s1. The molecule has 3 N–H and O–H groups in total. The van der Waals surface area contributed by atoms with Gasteiger partial charge in [-0.2, -0.15) is 0 Å². The van der Waals surface area contributed by atoms with Crippen LogP contribution >= 0.6 is 0 Å². The van der Waals surface area contributed by atoms with E-state index in [2.05, 4.69) is 17.4 Å². The van der Waals surface area contributed by atoms with Crippen LogP contribution in [0.4, 0.5) is 5.69 Å². The maximum atomic E-state index is 12.1. The minimum Gasteiger partial charge on any atom is -0.325 e. The van der Waals surface area contributed by atoms with Crippen LogP contribution in [0.5, 0.6) is 0 Å². The first-order valence-electron chi connectivity index (χ1n) is 6.68. The Hall–Kier alpha value is -1.39. The normalized spacial score (nSPS) is 23.1. The Balaban J connectivity index is 1.71. The van der Waals surface area contributed by atoms with Crippen molar-refractivity contribution in [1.82, 2.24) is 5.01 Å². The second-order valence-electron chi connectivity index (χ2n) is 5.22. The lowest BCUT2D eigenvalue weighted by molar-refractivity contribution is -0.120. The molecule has 1 saturated heterocycles. The maximum absolute atomic E-state index is 12.1. The number of nitrogens with one attached hydrogen (secondary N) is 1.